The van der Waals surface area contributed by atoms with Gasteiger partial charge in [0, 0.05) is 19.6 Å². The number of nitrogens with one attached hydrogen (secondary N) is 6. The highest BCUT2D eigenvalue weighted by Gasteiger charge is 2.34. The summed E-state index contributed by atoms with van der Waals surface area (Å²) in [5, 5.41) is 15.2. The summed E-state index contributed by atoms with van der Waals surface area (Å²) < 4.78 is 0. The normalized spacial score (nSPS) is 31.3. The zero-order valence-corrected chi connectivity index (χ0v) is 19.0. The van der Waals surface area contributed by atoms with Crippen molar-refractivity contribution in [2.45, 2.75) is 50.5 Å². The summed E-state index contributed by atoms with van der Waals surface area (Å²) in [6, 6.07) is -5.17. The average molecular weight is 481 g/mol. The minimum atomic E-state index is -1.19. The zero-order valence-electron chi connectivity index (χ0n) is 19.0. The lowest BCUT2D eigenvalue weighted by atomic mass is 10.0. The molecule has 2 aliphatic rings. The van der Waals surface area contributed by atoms with E-state index >= 15 is 0 Å². The first-order valence-corrected chi connectivity index (χ1v) is 10.8. The largest absolute Gasteiger partial charge is 0.370 e. The summed E-state index contributed by atoms with van der Waals surface area (Å²) in [5.41, 5.74) is 17.0. The first-order valence-electron chi connectivity index (χ1n) is 10.8. The first-order chi connectivity index (χ1) is 16.1. The van der Waals surface area contributed by atoms with Crippen LogP contribution in [0.25, 0.3) is 0 Å². The van der Waals surface area contributed by atoms with Crippen molar-refractivity contribution in [1.82, 2.24) is 31.9 Å². The molecule has 0 spiro atoms. The van der Waals surface area contributed by atoms with Crippen LogP contribution in [0.4, 0.5) is 0 Å². The molecule has 1 saturated heterocycles. The van der Waals surface area contributed by atoms with Gasteiger partial charge in [-0.2, -0.15) is 0 Å². The van der Waals surface area contributed by atoms with Gasteiger partial charge in [-0.15, -0.1) is 0 Å². The van der Waals surface area contributed by atoms with Crippen LogP contribution in [0.3, 0.4) is 0 Å². The number of aliphatic imine (C=N–C) groups is 1. The van der Waals surface area contributed by atoms with Crippen molar-refractivity contribution in [3.63, 3.8) is 0 Å². The molecule has 0 bridgehead atoms. The summed E-state index contributed by atoms with van der Waals surface area (Å²) in [5.74, 6) is -3.43. The van der Waals surface area contributed by atoms with Gasteiger partial charge in [0.2, 0.25) is 23.6 Å². The Balaban J connectivity index is 2.35. The second kappa shape index (κ2) is 11.9. The van der Waals surface area contributed by atoms with Crippen molar-refractivity contribution in [3.8, 4) is 0 Å². The Labute approximate surface area is 196 Å². The average Bonchev–Trinajstić information content (AvgIpc) is 2.81. The standard InChI is InChI=1S/C19H32N10O5/c1-3-10-16(32)29-13(11-4-5-23-19(22)28-11)18(34)24-7-9(21)15(31)25-8(2)14(30)27-12(6-20)17(33)26-10/h3,8-9,11-13H,4-7,20-21H2,1-2H3,(H,24,34)(H,25,31)(H,26,33)(H,27,30)(H,29,32)(H3,22,23,28)/b10-3-/t8-,9-,11?,12-,13-/m0/s1. The fraction of sp³-hybridized carbons (Fsp3) is 0.579. The molecule has 2 heterocycles. The molecule has 0 aromatic carbocycles. The van der Waals surface area contributed by atoms with E-state index in [1.54, 1.807) is 0 Å². The van der Waals surface area contributed by atoms with Crippen LogP contribution in [0.5, 0.6) is 0 Å². The number of carbonyl (C=O) groups is 5. The Morgan fingerprint density at radius 3 is 2.32 bits per heavy atom. The Morgan fingerprint density at radius 1 is 1.00 bits per heavy atom. The summed E-state index contributed by atoms with van der Waals surface area (Å²) in [7, 11) is 0. The number of guanidine groups is 1. The summed E-state index contributed by atoms with van der Waals surface area (Å²) in [6.45, 7) is 2.70. The minimum Gasteiger partial charge on any atom is -0.370 e. The van der Waals surface area contributed by atoms with Gasteiger partial charge in [-0.25, -0.2) is 0 Å². The summed E-state index contributed by atoms with van der Waals surface area (Å²) in [6.07, 6.45) is 1.71. The van der Waals surface area contributed by atoms with Crippen LogP contribution in [-0.2, 0) is 24.0 Å². The summed E-state index contributed by atoms with van der Waals surface area (Å²) >= 11 is 0. The van der Waals surface area contributed by atoms with Gasteiger partial charge < -0.3 is 49.1 Å². The number of allylic oxidation sites excluding steroid dienone is 1. The fourth-order valence-electron chi connectivity index (χ4n) is 3.26. The van der Waals surface area contributed by atoms with Crippen molar-refractivity contribution >= 4 is 35.5 Å². The van der Waals surface area contributed by atoms with Crippen LogP contribution in [0.1, 0.15) is 20.3 Å². The van der Waals surface area contributed by atoms with Gasteiger partial charge in [-0.05, 0) is 20.3 Å². The molecule has 0 aromatic rings. The minimum absolute atomic E-state index is 0.108. The quantitative estimate of drug-likeness (QED) is 0.171. The third-order valence-electron chi connectivity index (χ3n) is 5.27. The molecular formula is C19H32N10O5. The Bertz CT molecular complexity index is 889. The molecular weight excluding hydrogens is 448 g/mol. The zero-order chi connectivity index (χ0) is 25.4. The number of amides is 5. The van der Waals surface area contributed by atoms with Crippen LogP contribution in [0.2, 0.25) is 0 Å². The van der Waals surface area contributed by atoms with E-state index < -0.39 is 59.7 Å². The Morgan fingerprint density at radius 2 is 1.71 bits per heavy atom. The van der Waals surface area contributed by atoms with Gasteiger partial charge in [-0.1, -0.05) is 6.08 Å². The second-order valence-electron chi connectivity index (χ2n) is 7.83. The predicted octanol–water partition coefficient (Wildman–Crippen LogP) is -5.43. The van der Waals surface area contributed by atoms with Crippen LogP contribution >= 0.6 is 0 Å². The van der Waals surface area contributed by atoms with Gasteiger partial charge in [0.05, 0.1) is 6.04 Å². The van der Waals surface area contributed by atoms with Crippen LogP contribution in [0, 0.1) is 0 Å². The lowest BCUT2D eigenvalue weighted by molar-refractivity contribution is -0.132. The fourth-order valence-corrected chi connectivity index (χ4v) is 3.26. The van der Waals surface area contributed by atoms with Crippen LogP contribution in [0.15, 0.2) is 16.8 Å². The van der Waals surface area contributed by atoms with Crippen molar-refractivity contribution in [1.29, 1.82) is 0 Å². The van der Waals surface area contributed by atoms with Crippen molar-refractivity contribution < 1.29 is 24.0 Å². The second-order valence-corrected chi connectivity index (χ2v) is 7.83. The molecule has 15 heteroatoms. The molecule has 1 unspecified atom stereocenters. The molecule has 15 nitrogen and oxygen atoms in total. The van der Waals surface area contributed by atoms with E-state index in [0.717, 1.165) is 0 Å². The van der Waals surface area contributed by atoms with Crippen LogP contribution in [-0.4, -0.2) is 85.3 Å². The van der Waals surface area contributed by atoms with E-state index in [9.17, 15) is 24.0 Å². The van der Waals surface area contributed by atoms with Gasteiger partial charge in [0.15, 0.2) is 5.96 Å². The molecule has 0 saturated carbocycles. The van der Waals surface area contributed by atoms with E-state index in [0.29, 0.717) is 13.0 Å². The molecule has 188 valence electrons. The molecule has 34 heavy (non-hydrogen) atoms. The molecule has 0 radical (unpaired) electrons. The highest BCUT2D eigenvalue weighted by molar-refractivity contribution is 6.02. The van der Waals surface area contributed by atoms with Gasteiger partial charge >= 0.3 is 0 Å². The lowest BCUT2D eigenvalue weighted by Crippen LogP contribution is -2.63. The Hall–Kier alpha value is -3.72. The predicted molar refractivity (Wildman–Crippen MR) is 121 cm³/mol. The van der Waals surface area contributed by atoms with E-state index in [-0.39, 0.29) is 24.7 Å². The number of hydrogen-bond acceptors (Lipinski definition) is 10. The molecule has 5 amide bonds. The number of nitrogens with two attached hydrogens (primary N) is 3. The third-order valence-corrected chi connectivity index (χ3v) is 5.27. The Kier molecular flexibility index (Phi) is 9.32. The first kappa shape index (κ1) is 26.5. The topological polar surface area (TPSA) is 248 Å². The molecule has 0 aromatic heterocycles. The smallest absolute Gasteiger partial charge is 0.268 e. The molecule has 5 atom stereocenters. The molecule has 0 aliphatic carbocycles. The highest BCUT2D eigenvalue weighted by Crippen LogP contribution is 2.06. The number of carbonyl (C=O) groups excluding carboxylic acids is 5. The van der Waals surface area contributed by atoms with E-state index in [2.05, 4.69) is 36.9 Å². The third kappa shape index (κ3) is 6.89. The molecule has 2 aliphatic heterocycles. The molecule has 2 rings (SSSR count). The molecule has 12 N–H and O–H groups in total. The summed E-state index contributed by atoms with van der Waals surface area (Å²) in [4.78, 5) is 67.3. The van der Waals surface area contributed by atoms with Crippen molar-refractivity contribution in [2.75, 3.05) is 19.6 Å². The SMILES string of the molecule is C/C=C1\NC(=O)[C@H](CN)NC(=O)[C@H](C)NC(=O)[C@@H](N)CNC(=O)[C@H](C2CCN=C(N)N2)NC1=O. The van der Waals surface area contributed by atoms with E-state index in [1.165, 1.54) is 19.9 Å². The lowest BCUT2D eigenvalue weighted by Gasteiger charge is -2.31. The highest BCUT2D eigenvalue weighted by atomic mass is 16.2. The maximum atomic E-state index is 13.0. The monoisotopic (exact) mass is 480 g/mol. The van der Waals surface area contributed by atoms with Gasteiger partial charge in [0.25, 0.3) is 5.91 Å². The van der Waals surface area contributed by atoms with E-state index in [4.69, 9.17) is 17.2 Å². The number of rotatable bonds is 2. The molecule has 1 fully saturated rings. The van der Waals surface area contributed by atoms with Crippen molar-refractivity contribution in [2.24, 2.45) is 22.2 Å². The maximum Gasteiger partial charge on any atom is 0.268 e. The van der Waals surface area contributed by atoms with Gasteiger partial charge in [-0.3, -0.25) is 29.0 Å². The van der Waals surface area contributed by atoms with E-state index in [1.807, 2.05) is 0 Å². The maximum absolute atomic E-state index is 13.0. The number of nitrogens with zero attached hydrogens (tertiary/aromatic N) is 1. The van der Waals surface area contributed by atoms with Crippen LogP contribution < -0.4 is 49.1 Å². The van der Waals surface area contributed by atoms with Crippen molar-refractivity contribution in [3.05, 3.63) is 11.8 Å². The van der Waals surface area contributed by atoms with Gasteiger partial charge in [0.1, 0.15) is 29.9 Å². The number of hydrogen-bond donors (Lipinski definition) is 9.